The van der Waals surface area contributed by atoms with Crippen molar-refractivity contribution < 1.29 is 9.53 Å². The zero-order valence-electron chi connectivity index (χ0n) is 21.8. The van der Waals surface area contributed by atoms with Crippen molar-refractivity contribution in [3.63, 3.8) is 0 Å². The summed E-state index contributed by atoms with van der Waals surface area (Å²) in [6.07, 6.45) is 3.26. The van der Waals surface area contributed by atoms with Crippen molar-refractivity contribution in [2.45, 2.75) is 58.0 Å². The Morgan fingerprint density at radius 1 is 0.944 bits per heavy atom. The van der Waals surface area contributed by atoms with Gasteiger partial charge in [0.05, 0.1) is 30.0 Å². The zero-order chi connectivity index (χ0) is 25.5. The highest BCUT2D eigenvalue weighted by Gasteiger charge is 2.39. The average Bonchev–Trinajstić information content (AvgIpc) is 3.32. The van der Waals surface area contributed by atoms with E-state index in [4.69, 9.17) is 4.74 Å². The van der Waals surface area contributed by atoms with Crippen molar-refractivity contribution in [2.24, 2.45) is 0 Å². The summed E-state index contributed by atoms with van der Waals surface area (Å²) in [6.45, 7) is 6.41. The highest BCUT2D eigenvalue weighted by molar-refractivity contribution is 5.98. The number of allylic oxidation sites excluding steroid dienone is 1. The van der Waals surface area contributed by atoms with E-state index >= 15 is 0 Å². The molecule has 2 N–H and O–H groups in total. The monoisotopic (exact) mass is 483 g/mol. The van der Waals surface area contributed by atoms with Crippen LogP contribution in [0.5, 0.6) is 5.75 Å². The Morgan fingerprint density at radius 3 is 2.22 bits per heavy atom. The Kier molecular flexibility index (Phi) is 8.11. The second-order valence-corrected chi connectivity index (χ2v) is 9.23. The molecule has 1 aliphatic heterocycles. The summed E-state index contributed by atoms with van der Waals surface area (Å²) in [6, 6.07) is 28.2. The Morgan fingerprint density at radius 2 is 1.61 bits per heavy atom. The number of hydrogen-bond acceptors (Lipinski definition) is 4. The van der Waals surface area contributed by atoms with Gasteiger partial charge in [0.1, 0.15) is 5.75 Å². The third-order valence-corrected chi connectivity index (χ3v) is 7.19. The molecule has 5 nitrogen and oxygen atoms in total. The van der Waals surface area contributed by atoms with E-state index in [1.807, 2.05) is 54.6 Å². The molecule has 0 radical (unpaired) electrons. The van der Waals surface area contributed by atoms with Gasteiger partial charge in [-0.25, -0.2) is 5.43 Å². The standard InChI is InChI=1S/C31H37N3O2/c1-5-15-27-28(30(35)32-31(6-2,7-3)24-18-14-21-26(22-24)36-4)29(23-16-10-8-11-17-23)33-34(27)25-19-12-9-13-20-25/h8-14,16-22,29,33H,5-7,15H2,1-4H3,(H,32,35). The molecule has 0 fully saturated rings. The number of amides is 1. The van der Waals surface area contributed by atoms with Crippen molar-refractivity contribution in [2.75, 3.05) is 12.1 Å². The summed E-state index contributed by atoms with van der Waals surface area (Å²) in [7, 11) is 1.67. The minimum atomic E-state index is -0.503. The molecule has 1 amide bonds. The molecule has 0 aromatic heterocycles. The largest absolute Gasteiger partial charge is 0.497 e. The summed E-state index contributed by atoms with van der Waals surface area (Å²) in [4.78, 5) is 14.3. The number of hydrazine groups is 1. The van der Waals surface area contributed by atoms with Gasteiger partial charge in [0.25, 0.3) is 5.91 Å². The van der Waals surface area contributed by atoms with Crippen molar-refractivity contribution >= 4 is 11.6 Å². The van der Waals surface area contributed by atoms with Gasteiger partial charge in [-0.05, 0) is 54.7 Å². The molecule has 0 spiro atoms. The van der Waals surface area contributed by atoms with Crippen LogP contribution in [-0.4, -0.2) is 13.0 Å². The third kappa shape index (κ3) is 5.02. The first-order valence-corrected chi connectivity index (χ1v) is 12.9. The minimum Gasteiger partial charge on any atom is -0.497 e. The van der Waals surface area contributed by atoms with E-state index in [1.54, 1.807) is 7.11 Å². The predicted molar refractivity (Wildman–Crippen MR) is 147 cm³/mol. The Hall–Kier alpha value is -3.57. The number of carbonyl (C=O) groups is 1. The highest BCUT2D eigenvalue weighted by atomic mass is 16.5. The number of ether oxygens (including phenoxy) is 1. The van der Waals surface area contributed by atoms with Gasteiger partial charge in [0.15, 0.2) is 0 Å². The summed E-state index contributed by atoms with van der Waals surface area (Å²) in [5.74, 6) is 0.753. The molecule has 1 atom stereocenters. The van der Waals surface area contributed by atoms with Crippen LogP contribution in [0.2, 0.25) is 0 Å². The van der Waals surface area contributed by atoms with Gasteiger partial charge in [0, 0.05) is 5.70 Å². The molecular weight excluding hydrogens is 446 g/mol. The van der Waals surface area contributed by atoms with Crippen LogP contribution in [0.25, 0.3) is 0 Å². The number of hydrogen-bond donors (Lipinski definition) is 2. The Bertz CT molecular complexity index is 1190. The topological polar surface area (TPSA) is 53.6 Å². The Labute approximate surface area is 215 Å². The van der Waals surface area contributed by atoms with Crippen molar-refractivity contribution in [3.05, 3.63) is 107 Å². The first kappa shape index (κ1) is 25.5. The smallest absolute Gasteiger partial charge is 0.251 e. The number of nitrogens with zero attached hydrogens (tertiary/aromatic N) is 1. The van der Waals surface area contributed by atoms with E-state index in [2.05, 4.69) is 66.9 Å². The van der Waals surface area contributed by atoms with Crippen LogP contribution in [0, 0.1) is 0 Å². The fourth-order valence-corrected chi connectivity index (χ4v) is 5.11. The van der Waals surface area contributed by atoms with Crippen molar-refractivity contribution in [3.8, 4) is 5.75 Å². The molecule has 1 unspecified atom stereocenters. The molecule has 36 heavy (non-hydrogen) atoms. The van der Waals surface area contributed by atoms with Gasteiger partial charge in [-0.1, -0.05) is 87.9 Å². The van der Waals surface area contributed by atoms with E-state index in [1.165, 1.54) is 0 Å². The molecule has 1 heterocycles. The van der Waals surface area contributed by atoms with E-state index in [0.717, 1.165) is 59.5 Å². The number of benzene rings is 3. The van der Waals surface area contributed by atoms with Crippen molar-refractivity contribution in [1.29, 1.82) is 0 Å². The average molecular weight is 484 g/mol. The number of para-hydroxylation sites is 1. The number of carbonyl (C=O) groups excluding carboxylic acids is 1. The third-order valence-electron chi connectivity index (χ3n) is 7.19. The van der Waals surface area contributed by atoms with E-state index in [9.17, 15) is 4.79 Å². The van der Waals surface area contributed by atoms with Crippen LogP contribution >= 0.6 is 0 Å². The fourth-order valence-electron chi connectivity index (χ4n) is 5.11. The molecule has 0 bridgehead atoms. The van der Waals surface area contributed by atoms with Crippen LogP contribution in [-0.2, 0) is 10.3 Å². The molecular formula is C31H37N3O2. The maximum absolute atomic E-state index is 14.3. The molecule has 4 rings (SSSR count). The van der Waals surface area contributed by atoms with Crippen molar-refractivity contribution in [1.82, 2.24) is 10.7 Å². The predicted octanol–water partition coefficient (Wildman–Crippen LogP) is 6.65. The van der Waals surface area contributed by atoms with Gasteiger partial charge < -0.3 is 10.1 Å². The number of anilines is 1. The minimum absolute atomic E-state index is 0.0373. The first-order valence-electron chi connectivity index (χ1n) is 12.9. The number of nitrogens with one attached hydrogen (secondary N) is 2. The molecule has 1 aliphatic rings. The molecule has 0 saturated heterocycles. The van der Waals surface area contributed by atoms with Gasteiger partial charge in [-0.15, -0.1) is 0 Å². The van der Waals surface area contributed by atoms with Crippen LogP contribution in [0.1, 0.15) is 63.6 Å². The SMILES string of the molecule is CCCC1=C(C(=O)NC(CC)(CC)c2cccc(OC)c2)C(c2ccccc2)NN1c1ccccc1. The lowest BCUT2D eigenvalue weighted by molar-refractivity contribution is -0.120. The molecule has 188 valence electrons. The lowest BCUT2D eigenvalue weighted by Crippen LogP contribution is -2.46. The summed E-state index contributed by atoms with van der Waals surface area (Å²) in [5.41, 5.74) is 8.08. The molecule has 5 heteroatoms. The molecule has 3 aromatic rings. The second kappa shape index (κ2) is 11.4. The lowest BCUT2D eigenvalue weighted by Gasteiger charge is -2.34. The van der Waals surface area contributed by atoms with Crippen LogP contribution in [0.4, 0.5) is 5.69 Å². The van der Waals surface area contributed by atoms with E-state index in [-0.39, 0.29) is 11.9 Å². The summed E-state index contributed by atoms with van der Waals surface area (Å²) >= 11 is 0. The number of rotatable bonds is 10. The molecule has 0 aliphatic carbocycles. The lowest BCUT2D eigenvalue weighted by atomic mass is 9.83. The van der Waals surface area contributed by atoms with E-state index < -0.39 is 5.54 Å². The Balaban J connectivity index is 1.80. The maximum atomic E-state index is 14.3. The fraction of sp³-hybridized carbons (Fsp3) is 0.323. The maximum Gasteiger partial charge on any atom is 0.251 e. The first-order chi connectivity index (χ1) is 17.6. The molecule has 3 aromatic carbocycles. The summed E-state index contributed by atoms with van der Waals surface area (Å²) in [5, 5.41) is 5.58. The zero-order valence-corrected chi connectivity index (χ0v) is 21.8. The van der Waals surface area contributed by atoms with Gasteiger partial charge in [-0.3, -0.25) is 9.80 Å². The quantitative estimate of drug-likeness (QED) is 0.339. The van der Waals surface area contributed by atoms with Crippen LogP contribution in [0.3, 0.4) is 0 Å². The van der Waals surface area contributed by atoms with Gasteiger partial charge in [0.2, 0.25) is 0 Å². The van der Waals surface area contributed by atoms with E-state index in [0.29, 0.717) is 0 Å². The number of methoxy groups -OCH3 is 1. The van der Waals surface area contributed by atoms with Gasteiger partial charge in [-0.2, -0.15) is 0 Å². The van der Waals surface area contributed by atoms with Crippen LogP contribution in [0.15, 0.2) is 96.2 Å². The second-order valence-electron chi connectivity index (χ2n) is 9.23. The molecule has 0 saturated carbocycles. The van der Waals surface area contributed by atoms with Gasteiger partial charge >= 0.3 is 0 Å². The normalized spacial score (nSPS) is 15.8. The van der Waals surface area contributed by atoms with Crippen LogP contribution < -0.4 is 20.5 Å². The highest BCUT2D eigenvalue weighted by Crippen LogP contribution is 2.39. The summed E-state index contributed by atoms with van der Waals surface area (Å²) < 4.78 is 5.49.